The monoisotopic (exact) mass is 243 g/mol. The van der Waals surface area contributed by atoms with Crippen molar-refractivity contribution in [1.82, 2.24) is 15.1 Å². The Morgan fingerprint density at radius 2 is 2.00 bits per heavy atom. The number of piperazine rings is 1. The molecule has 1 aliphatic rings. The summed E-state index contributed by atoms with van der Waals surface area (Å²) in [5.74, 6) is -0.158. The number of amides is 2. The molecule has 0 bridgehead atoms. The zero-order valence-corrected chi connectivity index (χ0v) is 10.6. The minimum absolute atomic E-state index is 0.00107. The van der Waals surface area contributed by atoms with Crippen LogP contribution in [0.2, 0.25) is 0 Å². The summed E-state index contributed by atoms with van der Waals surface area (Å²) >= 11 is 0. The second kappa shape index (κ2) is 7.24. The summed E-state index contributed by atoms with van der Waals surface area (Å²) in [6, 6.07) is 0. The molecular formula is C11H21N3O3. The minimum Gasteiger partial charge on any atom is -0.372 e. The Morgan fingerprint density at radius 3 is 2.59 bits per heavy atom. The summed E-state index contributed by atoms with van der Waals surface area (Å²) in [7, 11) is 1.63. The van der Waals surface area contributed by atoms with Gasteiger partial charge in [-0.2, -0.15) is 0 Å². The van der Waals surface area contributed by atoms with Crippen LogP contribution in [0.5, 0.6) is 0 Å². The fourth-order valence-electron chi connectivity index (χ4n) is 1.60. The first-order valence-corrected chi connectivity index (χ1v) is 5.95. The van der Waals surface area contributed by atoms with E-state index in [1.807, 2.05) is 6.92 Å². The quantitative estimate of drug-likeness (QED) is 0.667. The highest BCUT2D eigenvalue weighted by Gasteiger charge is 2.19. The SMILES string of the molecule is CCOCC(=O)N(C)CC(=O)N1CCNCC1. The van der Waals surface area contributed by atoms with Crippen LogP contribution in [0, 0.1) is 0 Å². The number of likely N-dealkylation sites (N-methyl/N-ethyl adjacent to an activating group) is 1. The van der Waals surface area contributed by atoms with Gasteiger partial charge in [0.1, 0.15) is 6.61 Å². The molecule has 98 valence electrons. The predicted octanol–water partition coefficient (Wildman–Crippen LogP) is -1.09. The topological polar surface area (TPSA) is 61.9 Å². The first-order chi connectivity index (χ1) is 8.15. The maximum absolute atomic E-state index is 11.9. The largest absolute Gasteiger partial charge is 0.372 e. The van der Waals surface area contributed by atoms with Crippen LogP contribution < -0.4 is 5.32 Å². The molecular weight excluding hydrogens is 222 g/mol. The molecule has 6 nitrogen and oxygen atoms in total. The zero-order chi connectivity index (χ0) is 12.7. The van der Waals surface area contributed by atoms with Gasteiger partial charge in [0.05, 0.1) is 6.54 Å². The standard InChI is InChI=1S/C11H21N3O3/c1-3-17-9-11(16)13(2)8-10(15)14-6-4-12-5-7-14/h12H,3-9H2,1-2H3. The molecule has 0 atom stereocenters. The molecule has 17 heavy (non-hydrogen) atoms. The molecule has 0 aromatic rings. The first-order valence-electron chi connectivity index (χ1n) is 5.95. The van der Waals surface area contributed by atoms with E-state index in [4.69, 9.17) is 4.74 Å². The molecule has 1 aliphatic heterocycles. The molecule has 2 amide bonds. The van der Waals surface area contributed by atoms with Crippen molar-refractivity contribution in [2.75, 3.05) is 53.0 Å². The Hall–Kier alpha value is -1.14. The highest BCUT2D eigenvalue weighted by Crippen LogP contribution is 1.96. The molecule has 0 saturated carbocycles. The number of ether oxygens (including phenoxy) is 1. The third-order valence-electron chi connectivity index (χ3n) is 2.70. The van der Waals surface area contributed by atoms with Gasteiger partial charge < -0.3 is 19.9 Å². The summed E-state index contributed by atoms with van der Waals surface area (Å²) in [4.78, 5) is 26.6. The van der Waals surface area contributed by atoms with E-state index >= 15 is 0 Å². The number of nitrogens with one attached hydrogen (secondary N) is 1. The van der Waals surface area contributed by atoms with Gasteiger partial charge in [-0.3, -0.25) is 9.59 Å². The molecule has 0 spiro atoms. The van der Waals surface area contributed by atoms with E-state index in [-0.39, 0.29) is 25.0 Å². The predicted molar refractivity (Wildman–Crippen MR) is 63.6 cm³/mol. The molecule has 1 heterocycles. The van der Waals surface area contributed by atoms with Crippen LogP contribution in [-0.4, -0.2) is 74.6 Å². The van der Waals surface area contributed by atoms with Crippen LogP contribution in [0.4, 0.5) is 0 Å². The highest BCUT2D eigenvalue weighted by atomic mass is 16.5. The Labute approximate surface area is 102 Å². The van der Waals surface area contributed by atoms with Crippen LogP contribution in [0.15, 0.2) is 0 Å². The number of carbonyl (C=O) groups excluding carboxylic acids is 2. The second-order valence-electron chi connectivity index (χ2n) is 4.02. The summed E-state index contributed by atoms with van der Waals surface area (Å²) in [6.07, 6.45) is 0. The summed E-state index contributed by atoms with van der Waals surface area (Å²) < 4.78 is 5.02. The molecule has 0 unspecified atom stereocenters. The second-order valence-corrected chi connectivity index (χ2v) is 4.02. The van der Waals surface area contributed by atoms with Crippen LogP contribution >= 0.6 is 0 Å². The normalized spacial score (nSPS) is 15.8. The van der Waals surface area contributed by atoms with Crippen LogP contribution in [-0.2, 0) is 14.3 Å². The molecule has 6 heteroatoms. The van der Waals surface area contributed by atoms with Crippen LogP contribution in [0.3, 0.4) is 0 Å². The van der Waals surface area contributed by atoms with E-state index in [0.29, 0.717) is 19.7 Å². The summed E-state index contributed by atoms with van der Waals surface area (Å²) in [5.41, 5.74) is 0. The van der Waals surface area contributed by atoms with Crippen molar-refractivity contribution < 1.29 is 14.3 Å². The van der Waals surface area contributed by atoms with Gasteiger partial charge in [0.15, 0.2) is 0 Å². The molecule has 0 aromatic carbocycles. The maximum Gasteiger partial charge on any atom is 0.248 e. The molecule has 1 saturated heterocycles. The van der Waals surface area contributed by atoms with Gasteiger partial charge >= 0.3 is 0 Å². The molecule has 0 aliphatic carbocycles. The Bertz CT molecular complexity index is 265. The van der Waals surface area contributed by atoms with E-state index in [0.717, 1.165) is 13.1 Å². The zero-order valence-electron chi connectivity index (χ0n) is 10.6. The minimum atomic E-state index is -0.157. The Kier molecular flexibility index (Phi) is 5.93. The number of carbonyl (C=O) groups is 2. The van der Waals surface area contributed by atoms with E-state index in [9.17, 15) is 9.59 Å². The lowest BCUT2D eigenvalue weighted by Gasteiger charge is -2.29. The third kappa shape index (κ3) is 4.70. The van der Waals surface area contributed by atoms with Gasteiger partial charge in [-0.15, -0.1) is 0 Å². The van der Waals surface area contributed by atoms with Crippen LogP contribution in [0.25, 0.3) is 0 Å². The molecule has 1 fully saturated rings. The third-order valence-corrected chi connectivity index (χ3v) is 2.70. The van der Waals surface area contributed by atoms with Crippen molar-refractivity contribution in [3.63, 3.8) is 0 Å². The lowest BCUT2D eigenvalue weighted by atomic mass is 10.3. The number of hydrogen-bond acceptors (Lipinski definition) is 4. The van der Waals surface area contributed by atoms with Crippen molar-refractivity contribution in [2.45, 2.75) is 6.92 Å². The Balaban J connectivity index is 2.31. The van der Waals surface area contributed by atoms with Crippen molar-refractivity contribution in [3.8, 4) is 0 Å². The van der Waals surface area contributed by atoms with E-state index in [1.54, 1.807) is 11.9 Å². The van der Waals surface area contributed by atoms with Gasteiger partial charge in [-0.1, -0.05) is 0 Å². The molecule has 1 rings (SSSR count). The van der Waals surface area contributed by atoms with Crippen molar-refractivity contribution >= 4 is 11.8 Å². The fraction of sp³-hybridized carbons (Fsp3) is 0.818. The highest BCUT2D eigenvalue weighted by molar-refractivity contribution is 5.85. The molecule has 0 aromatic heterocycles. The van der Waals surface area contributed by atoms with Gasteiger partial charge in [0, 0.05) is 39.8 Å². The van der Waals surface area contributed by atoms with Gasteiger partial charge in [0.25, 0.3) is 0 Å². The van der Waals surface area contributed by atoms with Crippen LogP contribution in [0.1, 0.15) is 6.92 Å². The van der Waals surface area contributed by atoms with E-state index < -0.39 is 0 Å². The average Bonchev–Trinajstić information content (AvgIpc) is 2.36. The van der Waals surface area contributed by atoms with Gasteiger partial charge in [0.2, 0.25) is 11.8 Å². The first kappa shape index (κ1) is 13.9. The lowest BCUT2D eigenvalue weighted by Crippen LogP contribution is -2.50. The van der Waals surface area contributed by atoms with E-state index in [1.165, 1.54) is 4.90 Å². The number of nitrogens with zero attached hydrogens (tertiary/aromatic N) is 2. The Morgan fingerprint density at radius 1 is 1.35 bits per heavy atom. The van der Waals surface area contributed by atoms with Crippen molar-refractivity contribution in [3.05, 3.63) is 0 Å². The average molecular weight is 243 g/mol. The molecule has 0 radical (unpaired) electrons. The number of rotatable bonds is 5. The summed E-state index contributed by atoms with van der Waals surface area (Å²) in [6.45, 7) is 5.58. The fourth-order valence-corrected chi connectivity index (χ4v) is 1.60. The van der Waals surface area contributed by atoms with Crippen molar-refractivity contribution in [2.24, 2.45) is 0 Å². The number of hydrogen-bond donors (Lipinski definition) is 1. The lowest BCUT2D eigenvalue weighted by molar-refractivity contribution is -0.142. The van der Waals surface area contributed by atoms with E-state index in [2.05, 4.69) is 5.32 Å². The smallest absolute Gasteiger partial charge is 0.248 e. The van der Waals surface area contributed by atoms with Crippen molar-refractivity contribution in [1.29, 1.82) is 0 Å². The molecule has 1 N–H and O–H groups in total. The summed E-state index contributed by atoms with van der Waals surface area (Å²) in [5, 5.41) is 3.18. The van der Waals surface area contributed by atoms with Gasteiger partial charge in [-0.05, 0) is 6.92 Å². The van der Waals surface area contributed by atoms with Gasteiger partial charge in [-0.25, -0.2) is 0 Å². The maximum atomic E-state index is 11.9.